The van der Waals surface area contributed by atoms with E-state index in [-0.39, 0.29) is 11.7 Å². The van der Waals surface area contributed by atoms with Crippen LogP contribution in [0.4, 0.5) is 0 Å². The number of hydrogen-bond acceptors (Lipinski definition) is 6. The van der Waals surface area contributed by atoms with Crippen molar-refractivity contribution in [3.05, 3.63) is 59.4 Å². The predicted octanol–water partition coefficient (Wildman–Crippen LogP) is 3.26. The second kappa shape index (κ2) is 9.29. The molecule has 0 fully saturated rings. The summed E-state index contributed by atoms with van der Waals surface area (Å²) in [7, 11) is 0. The molecule has 0 radical (unpaired) electrons. The van der Waals surface area contributed by atoms with E-state index in [0.717, 1.165) is 17.0 Å². The average molecular weight is 401 g/mol. The minimum atomic E-state index is -0.219. The molecule has 0 saturated carbocycles. The molecule has 3 rings (SSSR count). The van der Waals surface area contributed by atoms with Gasteiger partial charge in [-0.05, 0) is 48.9 Å². The summed E-state index contributed by atoms with van der Waals surface area (Å²) < 4.78 is 1.96. The van der Waals surface area contributed by atoms with Gasteiger partial charge >= 0.3 is 0 Å². The predicted molar refractivity (Wildman–Crippen MR) is 107 cm³/mol. The van der Waals surface area contributed by atoms with E-state index in [1.165, 1.54) is 11.8 Å². The Labute approximate surface area is 165 Å². The van der Waals surface area contributed by atoms with Gasteiger partial charge in [-0.1, -0.05) is 23.4 Å². The Balaban J connectivity index is 1.60. The molecule has 27 heavy (non-hydrogen) atoms. The van der Waals surface area contributed by atoms with E-state index in [9.17, 15) is 4.79 Å². The lowest BCUT2D eigenvalue weighted by Gasteiger charge is -2.07. The van der Waals surface area contributed by atoms with Crippen LogP contribution in [0.1, 0.15) is 12.5 Å². The molecule has 0 unspecified atom stereocenters. The van der Waals surface area contributed by atoms with Crippen LogP contribution in [0.15, 0.2) is 59.0 Å². The molecular formula is C18H17ClN6OS. The molecule has 1 amide bonds. The first-order chi connectivity index (χ1) is 13.2. The van der Waals surface area contributed by atoms with Crippen LogP contribution >= 0.6 is 23.4 Å². The lowest BCUT2D eigenvalue weighted by Crippen LogP contribution is -2.20. The van der Waals surface area contributed by atoms with Gasteiger partial charge in [0.05, 0.1) is 12.0 Å². The summed E-state index contributed by atoms with van der Waals surface area (Å²) in [6.45, 7) is 2.70. The number of nitrogens with zero attached hydrogens (tertiary/aromatic N) is 5. The number of benzene rings is 1. The van der Waals surface area contributed by atoms with Crippen LogP contribution < -0.4 is 5.43 Å². The van der Waals surface area contributed by atoms with Gasteiger partial charge in [0.15, 0.2) is 11.0 Å². The Morgan fingerprint density at radius 1 is 1.22 bits per heavy atom. The van der Waals surface area contributed by atoms with Gasteiger partial charge in [0.25, 0.3) is 5.91 Å². The Bertz CT molecular complexity index is 927. The van der Waals surface area contributed by atoms with Gasteiger partial charge < -0.3 is 4.57 Å². The molecule has 0 saturated heterocycles. The molecule has 2 heterocycles. The van der Waals surface area contributed by atoms with Crippen molar-refractivity contribution in [2.24, 2.45) is 5.10 Å². The maximum Gasteiger partial charge on any atom is 0.250 e. The van der Waals surface area contributed by atoms with Crippen molar-refractivity contribution in [2.75, 3.05) is 5.75 Å². The van der Waals surface area contributed by atoms with Crippen molar-refractivity contribution < 1.29 is 4.79 Å². The largest absolute Gasteiger partial charge is 0.302 e. The Hall–Kier alpha value is -2.71. The normalized spacial score (nSPS) is 11.0. The molecular weight excluding hydrogens is 384 g/mol. The Morgan fingerprint density at radius 3 is 2.67 bits per heavy atom. The van der Waals surface area contributed by atoms with Crippen molar-refractivity contribution in [3.63, 3.8) is 0 Å². The number of pyridine rings is 1. The van der Waals surface area contributed by atoms with Gasteiger partial charge in [0.1, 0.15) is 0 Å². The summed E-state index contributed by atoms with van der Waals surface area (Å²) in [4.78, 5) is 15.9. The van der Waals surface area contributed by atoms with Crippen LogP contribution in [0.3, 0.4) is 0 Å². The quantitative estimate of drug-likeness (QED) is 0.374. The number of nitrogens with one attached hydrogen (secondary N) is 1. The third-order valence-corrected chi connectivity index (χ3v) is 4.80. The van der Waals surface area contributed by atoms with E-state index in [1.807, 2.05) is 35.8 Å². The summed E-state index contributed by atoms with van der Waals surface area (Å²) in [6.07, 6.45) is 4.89. The SMILES string of the molecule is CCn1c(SCC(=O)N/N=C\c2ccncc2)nnc1-c1ccc(Cl)cc1. The first-order valence-corrected chi connectivity index (χ1v) is 9.57. The van der Waals surface area contributed by atoms with Crippen molar-refractivity contribution in [1.29, 1.82) is 0 Å². The van der Waals surface area contributed by atoms with E-state index in [2.05, 4.69) is 25.7 Å². The minimum absolute atomic E-state index is 0.187. The summed E-state index contributed by atoms with van der Waals surface area (Å²) in [5.74, 6) is 0.712. The zero-order valence-electron chi connectivity index (χ0n) is 14.5. The molecule has 0 aliphatic carbocycles. The van der Waals surface area contributed by atoms with E-state index in [1.54, 1.807) is 30.7 Å². The van der Waals surface area contributed by atoms with Gasteiger partial charge in [-0.25, -0.2) is 5.43 Å². The first kappa shape index (κ1) is 19.1. The van der Waals surface area contributed by atoms with Crippen LogP contribution in [0.5, 0.6) is 0 Å². The summed E-state index contributed by atoms with van der Waals surface area (Å²) in [5, 5.41) is 13.7. The maximum atomic E-state index is 12.0. The van der Waals surface area contributed by atoms with Crippen molar-refractivity contribution in [2.45, 2.75) is 18.6 Å². The molecule has 0 spiro atoms. The van der Waals surface area contributed by atoms with E-state index in [0.29, 0.717) is 16.7 Å². The molecule has 9 heteroatoms. The number of thioether (sulfide) groups is 1. The van der Waals surface area contributed by atoms with Gasteiger partial charge in [-0.2, -0.15) is 5.10 Å². The highest BCUT2D eigenvalue weighted by Crippen LogP contribution is 2.24. The Morgan fingerprint density at radius 2 is 1.96 bits per heavy atom. The average Bonchev–Trinajstić information content (AvgIpc) is 3.10. The number of halogens is 1. The van der Waals surface area contributed by atoms with Crippen LogP contribution in [0, 0.1) is 0 Å². The van der Waals surface area contributed by atoms with Crippen molar-refractivity contribution in [1.82, 2.24) is 25.2 Å². The van der Waals surface area contributed by atoms with Crippen molar-refractivity contribution in [3.8, 4) is 11.4 Å². The zero-order valence-corrected chi connectivity index (χ0v) is 16.1. The fourth-order valence-electron chi connectivity index (χ4n) is 2.28. The molecule has 0 bridgehead atoms. The molecule has 1 aromatic carbocycles. The maximum absolute atomic E-state index is 12.0. The fraction of sp³-hybridized carbons (Fsp3) is 0.167. The van der Waals surface area contributed by atoms with Crippen molar-refractivity contribution >= 4 is 35.5 Å². The minimum Gasteiger partial charge on any atom is -0.302 e. The number of aromatic nitrogens is 4. The van der Waals surface area contributed by atoms with Gasteiger partial charge in [0, 0.05) is 29.5 Å². The lowest BCUT2D eigenvalue weighted by molar-refractivity contribution is -0.118. The highest BCUT2D eigenvalue weighted by Gasteiger charge is 2.14. The number of carbonyl (C=O) groups excluding carboxylic acids is 1. The molecule has 0 aliphatic heterocycles. The first-order valence-electron chi connectivity index (χ1n) is 8.21. The van der Waals surface area contributed by atoms with E-state index in [4.69, 9.17) is 11.6 Å². The topological polar surface area (TPSA) is 85.1 Å². The highest BCUT2D eigenvalue weighted by molar-refractivity contribution is 7.99. The van der Waals surface area contributed by atoms with Gasteiger partial charge in [-0.3, -0.25) is 9.78 Å². The standard InChI is InChI=1S/C18H17ClN6OS/c1-2-25-17(14-3-5-15(19)6-4-14)23-24-18(25)27-12-16(26)22-21-11-13-7-9-20-10-8-13/h3-11H,2,12H2,1H3,(H,22,26)/b21-11-. The van der Waals surface area contributed by atoms with Crippen LogP contribution in [0.2, 0.25) is 5.02 Å². The second-order valence-electron chi connectivity index (χ2n) is 5.42. The molecule has 7 nitrogen and oxygen atoms in total. The van der Waals surface area contributed by atoms with Crippen LogP contribution in [-0.2, 0) is 11.3 Å². The lowest BCUT2D eigenvalue weighted by atomic mass is 10.2. The number of amides is 1. The monoisotopic (exact) mass is 400 g/mol. The summed E-state index contributed by atoms with van der Waals surface area (Å²) >= 11 is 7.25. The molecule has 1 N–H and O–H groups in total. The smallest absolute Gasteiger partial charge is 0.250 e. The molecule has 2 aromatic heterocycles. The molecule has 0 aliphatic rings. The number of carbonyl (C=O) groups is 1. The molecule has 138 valence electrons. The fourth-order valence-corrected chi connectivity index (χ4v) is 3.20. The van der Waals surface area contributed by atoms with E-state index >= 15 is 0 Å². The second-order valence-corrected chi connectivity index (χ2v) is 6.80. The summed E-state index contributed by atoms with van der Waals surface area (Å²) in [6, 6.07) is 11.0. The molecule has 3 aromatic rings. The summed E-state index contributed by atoms with van der Waals surface area (Å²) in [5.41, 5.74) is 4.28. The third kappa shape index (κ3) is 5.15. The number of rotatable bonds is 7. The van der Waals surface area contributed by atoms with Gasteiger partial charge in [-0.15, -0.1) is 10.2 Å². The highest BCUT2D eigenvalue weighted by atomic mass is 35.5. The molecule has 0 atom stereocenters. The van der Waals surface area contributed by atoms with Gasteiger partial charge in [0.2, 0.25) is 0 Å². The van der Waals surface area contributed by atoms with E-state index < -0.39 is 0 Å². The van der Waals surface area contributed by atoms with Crippen LogP contribution in [0.25, 0.3) is 11.4 Å². The third-order valence-electron chi connectivity index (χ3n) is 3.58. The number of hydrogen-bond donors (Lipinski definition) is 1. The Kier molecular flexibility index (Phi) is 6.56. The zero-order chi connectivity index (χ0) is 19.1. The van der Waals surface area contributed by atoms with Crippen LogP contribution in [-0.4, -0.2) is 37.6 Å². The number of hydrazone groups is 1.